The molecular formula is C17H26O3. The van der Waals surface area contributed by atoms with Crippen LogP contribution in [-0.2, 0) is 4.79 Å². The highest BCUT2D eigenvalue weighted by Crippen LogP contribution is 2.47. The van der Waals surface area contributed by atoms with Crippen LogP contribution in [0.3, 0.4) is 0 Å². The molecule has 0 aromatic rings. The summed E-state index contributed by atoms with van der Waals surface area (Å²) in [5.41, 5.74) is 0. The number of carbonyl (C=O) groups is 1. The molecule has 112 valence electrons. The van der Waals surface area contributed by atoms with Gasteiger partial charge in [-0.2, -0.15) is 0 Å². The van der Waals surface area contributed by atoms with Crippen LogP contribution in [0.1, 0.15) is 58.3 Å². The second-order valence-corrected chi connectivity index (χ2v) is 6.28. The largest absolute Gasteiger partial charge is 0.392 e. The zero-order valence-corrected chi connectivity index (χ0v) is 12.3. The number of fused-ring (bicyclic) bond motifs is 1. The van der Waals surface area contributed by atoms with Crippen LogP contribution in [0.25, 0.3) is 0 Å². The first-order valence-electron chi connectivity index (χ1n) is 8.03. The molecular weight excluding hydrogens is 252 g/mol. The van der Waals surface area contributed by atoms with E-state index in [1.807, 2.05) is 0 Å². The average Bonchev–Trinajstić information content (AvgIpc) is 2.68. The van der Waals surface area contributed by atoms with Gasteiger partial charge in [0.05, 0.1) is 12.0 Å². The van der Waals surface area contributed by atoms with Gasteiger partial charge in [-0.25, -0.2) is 0 Å². The van der Waals surface area contributed by atoms with E-state index in [0.717, 1.165) is 12.8 Å². The highest BCUT2D eigenvalue weighted by atomic mass is 16.3. The Hall–Kier alpha value is -0.850. The fourth-order valence-electron chi connectivity index (χ4n) is 3.39. The summed E-state index contributed by atoms with van der Waals surface area (Å²) in [5, 5.41) is 19.8. The van der Waals surface area contributed by atoms with Crippen molar-refractivity contribution in [1.29, 1.82) is 0 Å². The van der Waals surface area contributed by atoms with Crippen LogP contribution in [-0.4, -0.2) is 28.2 Å². The van der Waals surface area contributed by atoms with Crippen LogP contribution >= 0.6 is 0 Å². The molecule has 2 saturated carbocycles. The van der Waals surface area contributed by atoms with E-state index in [-0.39, 0.29) is 23.5 Å². The van der Waals surface area contributed by atoms with Gasteiger partial charge in [0.15, 0.2) is 0 Å². The predicted molar refractivity (Wildman–Crippen MR) is 77.9 cm³/mol. The number of Topliss-reactive ketones (excluding diaryl/α,β-unsaturated/α-hetero) is 1. The van der Waals surface area contributed by atoms with Crippen molar-refractivity contribution >= 4 is 5.78 Å². The Balaban J connectivity index is 1.72. The molecule has 0 aliphatic heterocycles. The number of hydrogen-bond acceptors (Lipinski definition) is 3. The Bertz CT molecular complexity index is 393. The molecule has 0 amide bonds. The molecule has 5 atom stereocenters. The highest BCUT2D eigenvalue weighted by molar-refractivity contribution is 5.88. The first-order chi connectivity index (χ1) is 9.63. The molecule has 2 rings (SSSR count). The second-order valence-electron chi connectivity index (χ2n) is 6.28. The minimum Gasteiger partial charge on any atom is -0.392 e. The lowest BCUT2D eigenvalue weighted by Crippen LogP contribution is -2.35. The van der Waals surface area contributed by atoms with Crippen LogP contribution in [0, 0.1) is 29.6 Å². The number of aliphatic hydroxyl groups excluding tert-OH is 2. The van der Waals surface area contributed by atoms with Gasteiger partial charge in [-0.15, -0.1) is 0 Å². The van der Waals surface area contributed by atoms with Gasteiger partial charge in [0.1, 0.15) is 11.9 Å². The summed E-state index contributed by atoms with van der Waals surface area (Å²) in [6, 6.07) is 0. The molecule has 0 aromatic heterocycles. The molecule has 0 heterocycles. The molecule has 0 spiro atoms. The zero-order chi connectivity index (χ0) is 14.5. The molecule has 2 aliphatic carbocycles. The number of rotatable bonds is 6. The second kappa shape index (κ2) is 7.24. The van der Waals surface area contributed by atoms with Gasteiger partial charge in [-0.1, -0.05) is 44.4 Å². The van der Waals surface area contributed by atoms with Crippen molar-refractivity contribution in [3.8, 4) is 11.8 Å². The summed E-state index contributed by atoms with van der Waals surface area (Å²) in [6.07, 6.45) is 6.64. The SMILES string of the molecule is CCCCCCCC(O)C#CC1C(O)CC2C(=O)CC21. The number of ketones is 1. The summed E-state index contributed by atoms with van der Waals surface area (Å²) in [7, 11) is 0. The molecule has 0 radical (unpaired) electrons. The third kappa shape index (κ3) is 3.62. The maximum absolute atomic E-state index is 11.4. The molecule has 20 heavy (non-hydrogen) atoms. The third-order valence-electron chi connectivity index (χ3n) is 4.74. The van der Waals surface area contributed by atoms with Gasteiger partial charge in [-0.3, -0.25) is 4.79 Å². The summed E-state index contributed by atoms with van der Waals surface area (Å²) in [4.78, 5) is 11.4. The molecule has 2 N–H and O–H groups in total. The summed E-state index contributed by atoms with van der Waals surface area (Å²) in [6.45, 7) is 2.19. The zero-order valence-electron chi connectivity index (χ0n) is 12.3. The van der Waals surface area contributed by atoms with Crippen LogP contribution < -0.4 is 0 Å². The Kier molecular flexibility index (Phi) is 5.63. The van der Waals surface area contributed by atoms with E-state index in [4.69, 9.17) is 0 Å². The molecule has 0 saturated heterocycles. The van der Waals surface area contributed by atoms with Crippen LogP contribution in [0.4, 0.5) is 0 Å². The molecule has 2 aliphatic rings. The van der Waals surface area contributed by atoms with Crippen molar-refractivity contribution < 1.29 is 15.0 Å². The van der Waals surface area contributed by atoms with Crippen molar-refractivity contribution in [2.75, 3.05) is 0 Å². The maximum Gasteiger partial charge on any atom is 0.136 e. The minimum absolute atomic E-state index is 0.0375. The van der Waals surface area contributed by atoms with E-state index >= 15 is 0 Å². The summed E-state index contributed by atoms with van der Waals surface area (Å²) in [5.74, 6) is 6.36. The van der Waals surface area contributed by atoms with E-state index in [2.05, 4.69) is 18.8 Å². The Morgan fingerprint density at radius 2 is 2.05 bits per heavy atom. The van der Waals surface area contributed by atoms with Gasteiger partial charge < -0.3 is 10.2 Å². The Morgan fingerprint density at radius 1 is 1.30 bits per heavy atom. The van der Waals surface area contributed by atoms with E-state index in [1.165, 1.54) is 19.3 Å². The Morgan fingerprint density at radius 3 is 2.70 bits per heavy atom. The third-order valence-corrected chi connectivity index (χ3v) is 4.74. The van der Waals surface area contributed by atoms with Gasteiger partial charge in [0, 0.05) is 12.3 Å². The van der Waals surface area contributed by atoms with Crippen molar-refractivity contribution in [1.82, 2.24) is 0 Å². The lowest BCUT2D eigenvalue weighted by Gasteiger charge is -2.30. The smallest absolute Gasteiger partial charge is 0.136 e. The standard InChI is InChI=1S/C17H26O3/c1-2-3-4-5-6-7-12(18)8-9-13-14-10-17(20)15(14)11-16(13)19/h12-16,18-19H,2-7,10-11H2,1H3. The molecule has 2 fully saturated rings. The van der Waals surface area contributed by atoms with Crippen molar-refractivity contribution in [3.05, 3.63) is 0 Å². The Labute approximate surface area is 121 Å². The lowest BCUT2D eigenvalue weighted by atomic mass is 9.71. The number of aliphatic hydroxyl groups is 2. The monoisotopic (exact) mass is 278 g/mol. The minimum atomic E-state index is -0.585. The summed E-state index contributed by atoms with van der Waals surface area (Å²) >= 11 is 0. The number of hydrogen-bond donors (Lipinski definition) is 2. The normalized spacial score (nSPS) is 33.0. The first kappa shape index (κ1) is 15.5. The van der Waals surface area contributed by atoms with Crippen LogP contribution in [0.2, 0.25) is 0 Å². The lowest BCUT2D eigenvalue weighted by molar-refractivity contribution is -0.133. The van der Waals surface area contributed by atoms with E-state index in [1.54, 1.807) is 0 Å². The number of unbranched alkanes of at least 4 members (excludes halogenated alkanes) is 4. The average molecular weight is 278 g/mol. The van der Waals surface area contributed by atoms with Gasteiger partial charge in [0.2, 0.25) is 0 Å². The summed E-state index contributed by atoms with van der Waals surface area (Å²) < 4.78 is 0. The fraction of sp³-hybridized carbons (Fsp3) is 0.824. The van der Waals surface area contributed by atoms with Crippen molar-refractivity contribution in [2.45, 2.75) is 70.5 Å². The molecule has 0 aromatic carbocycles. The van der Waals surface area contributed by atoms with Gasteiger partial charge in [0.25, 0.3) is 0 Å². The molecule has 0 bridgehead atoms. The molecule has 5 unspecified atom stereocenters. The number of carbonyl (C=O) groups excluding carboxylic acids is 1. The highest BCUT2D eigenvalue weighted by Gasteiger charge is 2.52. The quantitative estimate of drug-likeness (QED) is 0.579. The van der Waals surface area contributed by atoms with Crippen molar-refractivity contribution in [2.24, 2.45) is 17.8 Å². The topological polar surface area (TPSA) is 57.5 Å². The predicted octanol–water partition coefficient (Wildman–Crippen LogP) is 2.30. The fourth-order valence-corrected chi connectivity index (χ4v) is 3.39. The van der Waals surface area contributed by atoms with Crippen LogP contribution in [0.5, 0.6) is 0 Å². The van der Waals surface area contributed by atoms with E-state index < -0.39 is 12.2 Å². The van der Waals surface area contributed by atoms with Crippen LogP contribution in [0.15, 0.2) is 0 Å². The van der Waals surface area contributed by atoms with Gasteiger partial charge >= 0.3 is 0 Å². The van der Waals surface area contributed by atoms with Crippen molar-refractivity contribution in [3.63, 3.8) is 0 Å². The molecule has 3 heteroatoms. The van der Waals surface area contributed by atoms with Gasteiger partial charge in [-0.05, 0) is 25.2 Å². The van der Waals surface area contributed by atoms with E-state index in [9.17, 15) is 15.0 Å². The van der Waals surface area contributed by atoms with E-state index in [0.29, 0.717) is 19.3 Å². The molecule has 3 nitrogen and oxygen atoms in total. The maximum atomic E-state index is 11.4. The first-order valence-corrected chi connectivity index (χ1v) is 8.03.